The van der Waals surface area contributed by atoms with Gasteiger partial charge in [0.2, 0.25) is 6.08 Å². The minimum Gasteiger partial charge on any atom is -0.211 e. The van der Waals surface area contributed by atoms with E-state index in [1.807, 2.05) is 0 Å². The molecule has 0 heterocycles. The van der Waals surface area contributed by atoms with Gasteiger partial charge in [-0.15, -0.1) is 0 Å². The van der Waals surface area contributed by atoms with Crippen LogP contribution in [0, 0.1) is 6.92 Å². The topological polar surface area (TPSA) is 29.4 Å². The third kappa shape index (κ3) is 3.21. The second kappa shape index (κ2) is 4.94. The van der Waals surface area contributed by atoms with Crippen molar-refractivity contribution in [1.29, 1.82) is 0 Å². The first kappa shape index (κ1) is 12.5. The largest absolute Gasteiger partial charge is 0.416 e. The molecular formula is C11H10F3NO. The van der Waals surface area contributed by atoms with E-state index in [2.05, 4.69) is 4.99 Å². The first-order chi connectivity index (χ1) is 7.45. The molecule has 0 aliphatic rings. The fraction of sp³-hybridized carbons (Fsp3) is 0.364. The van der Waals surface area contributed by atoms with Crippen molar-refractivity contribution in [3.05, 3.63) is 34.9 Å². The highest BCUT2D eigenvalue weighted by Crippen LogP contribution is 2.32. The van der Waals surface area contributed by atoms with Gasteiger partial charge in [0.05, 0.1) is 12.1 Å². The van der Waals surface area contributed by atoms with E-state index in [1.165, 1.54) is 19.1 Å². The SMILES string of the molecule is Cc1ccc(CCN=C=O)cc1C(F)(F)F. The lowest BCUT2D eigenvalue weighted by atomic mass is 10.0. The van der Waals surface area contributed by atoms with Crippen molar-refractivity contribution in [3.8, 4) is 0 Å². The summed E-state index contributed by atoms with van der Waals surface area (Å²) >= 11 is 0. The van der Waals surface area contributed by atoms with Crippen molar-refractivity contribution >= 4 is 6.08 Å². The minimum absolute atomic E-state index is 0.157. The van der Waals surface area contributed by atoms with Gasteiger partial charge < -0.3 is 0 Å². The average Bonchev–Trinajstić information content (AvgIpc) is 2.19. The number of benzene rings is 1. The fourth-order valence-corrected chi connectivity index (χ4v) is 1.36. The van der Waals surface area contributed by atoms with Crippen LogP contribution in [0.2, 0.25) is 0 Å². The Balaban J connectivity index is 2.94. The van der Waals surface area contributed by atoms with Crippen molar-refractivity contribution in [3.63, 3.8) is 0 Å². The van der Waals surface area contributed by atoms with E-state index in [4.69, 9.17) is 0 Å². The number of alkyl halides is 3. The molecule has 0 aromatic heterocycles. The molecule has 86 valence electrons. The number of aliphatic imine (C=N–C) groups is 1. The molecule has 0 radical (unpaired) electrons. The van der Waals surface area contributed by atoms with Gasteiger partial charge in [-0.25, -0.2) is 9.79 Å². The Hall–Kier alpha value is -1.61. The van der Waals surface area contributed by atoms with Crippen LogP contribution in [-0.4, -0.2) is 12.6 Å². The Morgan fingerprint density at radius 3 is 2.62 bits per heavy atom. The number of rotatable bonds is 3. The third-order valence-electron chi connectivity index (χ3n) is 2.18. The molecule has 0 N–H and O–H groups in total. The predicted molar refractivity (Wildman–Crippen MR) is 52.9 cm³/mol. The Morgan fingerprint density at radius 2 is 2.06 bits per heavy atom. The molecule has 1 aromatic rings. The number of hydrogen-bond donors (Lipinski definition) is 0. The standard InChI is InChI=1S/C11H10F3NO/c1-8-2-3-9(4-5-15-7-16)6-10(8)11(12,13)14/h2-3,6H,4-5H2,1H3. The number of hydrogen-bond acceptors (Lipinski definition) is 2. The molecule has 5 heteroatoms. The molecule has 1 rings (SSSR count). The van der Waals surface area contributed by atoms with Gasteiger partial charge in [-0.05, 0) is 30.5 Å². The van der Waals surface area contributed by atoms with E-state index in [0.717, 1.165) is 6.07 Å². The summed E-state index contributed by atoms with van der Waals surface area (Å²) in [6, 6.07) is 4.11. The van der Waals surface area contributed by atoms with E-state index in [0.29, 0.717) is 12.0 Å². The summed E-state index contributed by atoms with van der Waals surface area (Å²) in [6.07, 6.45) is -2.69. The average molecular weight is 229 g/mol. The third-order valence-corrected chi connectivity index (χ3v) is 2.18. The van der Waals surface area contributed by atoms with Gasteiger partial charge in [-0.1, -0.05) is 12.1 Å². The molecule has 0 amide bonds. The predicted octanol–water partition coefficient (Wildman–Crippen LogP) is 2.89. The maximum Gasteiger partial charge on any atom is 0.416 e. The van der Waals surface area contributed by atoms with Crippen molar-refractivity contribution in [2.24, 2.45) is 4.99 Å². The highest BCUT2D eigenvalue weighted by atomic mass is 19.4. The second-order valence-corrected chi connectivity index (χ2v) is 3.37. The zero-order chi connectivity index (χ0) is 12.2. The van der Waals surface area contributed by atoms with Crippen LogP contribution in [0.15, 0.2) is 23.2 Å². The first-order valence-electron chi connectivity index (χ1n) is 4.65. The highest BCUT2D eigenvalue weighted by molar-refractivity contribution is 5.35. The Bertz CT molecular complexity index is 420. The fourth-order valence-electron chi connectivity index (χ4n) is 1.36. The van der Waals surface area contributed by atoms with E-state index in [-0.39, 0.29) is 12.1 Å². The molecule has 0 bridgehead atoms. The van der Waals surface area contributed by atoms with Gasteiger partial charge in [-0.2, -0.15) is 13.2 Å². The summed E-state index contributed by atoms with van der Waals surface area (Å²) in [5, 5.41) is 0. The van der Waals surface area contributed by atoms with E-state index in [1.54, 1.807) is 6.07 Å². The van der Waals surface area contributed by atoms with Crippen LogP contribution in [0.1, 0.15) is 16.7 Å². The summed E-state index contributed by atoms with van der Waals surface area (Å²) in [5.74, 6) is 0. The number of isocyanates is 1. The summed E-state index contributed by atoms with van der Waals surface area (Å²) < 4.78 is 37.6. The number of nitrogens with zero attached hydrogens (tertiary/aromatic N) is 1. The Labute approximate surface area is 90.8 Å². The molecule has 0 aliphatic heterocycles. The van der Waals surface area contributed by atoms with Crippen LogP contribution in [0.25, 0.3) is 0 Å². The van der Waals surface area contributed by atoms with Gasteiger partial charge in [0.25, 0.3) is 0 Å². The van der Waals surface area contributed by atoms with Gasteiger partial charge in [0.15, 0.2) is 0 Å². The lowest BCUT2D eigenvalue weighted by molar-refractivity contribution is -0.138. The number of carbonyl (C=O) groups excluding carboxylic acids is 1. The second-order valence-electron chi connectivity index (χ2n) is 3.37. The van der Waals surface area contributed by atoms with Gasteiger partial charge in [-0.3, -0.25) is 0 Å². The van der Waals surface area contributed by atoms with Gasteiger partial charge in [0.1, 0.15) is 0 Å². The molecule has 0 atom stereocenters. The monoisotopic (exact) mass is 229 g/mol. The highest BCUT2D eigenvalue weighted by Gasteiger charge is 2.32. The van der Waals surface area contributed by atoms with Gasteiger partial charge in [0, 0.05) is 0 Å². The van der Waals surface area contributed by atoms with E-state index >= 15 is 0 Å². The summed E-state index contributed by atoms with van der Waals surface area (Å²) in [7, 11) is 0. The molecule has 16 heavy (non-hydrogen) atoms. The smallest absolute Gasteiger partial charge is 0.211 e. The normalized spacial score (nSPS) is 11.0. The van der Waals surface area contributed by atoms with Crippen LogP contribution >= 0.6 is 0 Å². The van der Waals surface area contributed by atoms with Crippen molar-refractivity contribution in [2.45, 2.75) is 19.5 Å². The molecule has 1 aromatic carbocycles. The maximum atomic E-state index is 12.5. The van der Waals surface area contributed by atoms with Crippen LogP contribution in [-0.2, 0) is 17.4 Å². The quantitative estimate of drug-likeness (QED) is 0.578. The number of aryl methyl sites for hydroxylation is 1. The van der Waals surface area contributed by atoms with Crippen LogP contribution < -0.4 is 0 Å². The summed E-state index contributed by atoms with van der Waals surface area (Å²) in [5.41, 5.74) is 0.0622. The molecule has 0 unspecified atom stereocenters. The Kier molecular flexibility index (Phi) is 3.85. The molecular weight excluding hydrogens is 219 g/mol. The molecule has 0 spiro atoms. The zero-order valence-electron chi connectivity index (χ0n) is 8.64. The molecule has 0 aliphatic carbocycles. The summed E-state index contributed by atoms with van der Waals surface area (Å²) in [4.78, 5) is 13.1. The van der Waals surface area contributed by atoms with Crippen molar-refractivity contribution < 1.29 is 18.0 Å². The first-order valence-corrected chi connectivity index (χ1v) is 4.65. The molecule has 0 saturated carbocycles. The van der Waals surface area contributed by atoms with Crippen molar-refractivity contribution in [2.75, 3.05) is 6.54 Å². The van der Waals surface area contributed by atoms with E-state index < -0.39 is 11.7 Å². The van der Waals surface area contributed by atoms with Crippen LogP contribution in [0.3, 0.4) is 0 Å². The molecule has 0 fully saturated rings. The zero-order valence-corrected chi connectivity index (χ0v) is 8.64. The lowest BCUT2D eigenvalue weighted by Crippen LogP contribution is -2.08. The number of halogens is 3. The molecule has 2 nitrogen and oxygen atoms in total. The van der Waals surface area contributed by atoms with E-state index in [9.17, 15) is 18.0 Å². The van der Waals surface area contributed by atoms with Crippen LogP contribution in [0.5, 0.6) is 0 Å². The maximum absolute atomic E-state index is 12.5. The van der Waals surface area contributed by atoms with Gasteiger partial charge >= 0.3 is 6.18 Å². The van der Waals surface area contributed by atoms with Crippen LogP contribution in [0.4, 0.5) is 13.2 Å². The Morgan fingerprint density at radius 1 is 1.38 bits per heavy atom. The molecule has 0 saturated heterocycles. The van der Waals surface area contributed by atoms with Crippen molar-refractivity contribution in [1.82, 2.24) is 0 Å². The minimum atomic E-state index is -4.34. The summed E-state index contributed by atoms with van der Waals surface area (Å²) in [6.45, 7) is 1.57. The lowest BCUT2D eigenvalue weighted by Gasteiger charge is -2.11.